The van der Waals surface area contributed by atoms with Crippen molar-refractivity contribution in [1.82, 2.24) is 0 Å². The lowest BCUT2D eigenvalue weighted by Gasteiger charge is -2.07. The highest BCUT2D eigenvalue weighted by Crippen LogP contribution is 2.05. The molecule has 0 saturated carbocycles. The first-order chi connectivity index (χ1) is 6.83. The molecule has 0 heterocycles. The molecule has 1 aromatic carbocycles. The first kappa shape index (κ1) is 11.9. The van der Waals surface area contributed by atoms with Gasteiger partial charge < -0.3 is 4.74 Å². The number of ether oxygens (including phenoxy) is 1. The highest BCUT2D eigenvalue weighted by molar-refractivity contribution is 14.1. The Morgan fingerprint density at radius 3 is 2.64 bits per heavy atom. The Bertz CT molecular complexity index is 240. The number of halogens is 2. The number of benzene rings is 1. The van der Waals surface area contributed by atoms with E-state index in [4.69, 9.17) is 4.74 Å². The van der Waals surface area contributed by atoms with Gasteiger partial charge in [-0.05, 0) is 12.0 Å². The molecule has 3 heteroatoms. The molecule has 0 saturated heterocycles. The van der Waals surface area contributed by atoms with Crippen molar-refractivity contribution in [3.05, 3.63) is 35.9 Å². The molecule has 1 nitrogen and oxygen atoms in total. The predicted molar refractivity (Wildman–Crippen MR) is 64.5 cm³/mol. The normalized spacial score (nSPS) is 12.7. The van der Waals surface area contributed by atoms with E-state index in [-0.39, 0.29) is 6.61 Å². The molecular formula is C11H14FIO. The minimum Gasteiger partial charge on any atom is -0.374 e. The van der Waals surface area contributed by atoms with Crippen LogP contribution in [0, 0.1) is 0 Å². The molecular weight excluding hydrogens is 294 g/mol. The molecule has 0 bridgehead atoms. The molecule has 0 unspecified atom stereocenters. The SMILES string of the molecule is F[C@@H](CCI)COCc1ccccc1. The maximum Gasteiger partial charge on any atom is 0.124 e. The molecule has 0 amide bonds. The number of alkyl halides is 2. The van der Waals surface area contributed by atoms with E-state index in [0.29, 0.717) is 13.0 Å². The minimum absolute atomic E-state index is 0.206. The molecule has 0 aliphatic carbocycles. The molecule has 0 aliphatic rings. The number of rotatable bonds is 6. The van der Waals surface area contributed by atoms with Crippen LogP contribution in [-0.2, 0) is 11.3 Å². The molecule has 14 heavy (non-hydrogen) atoms. The van der Waals surface area contributed by atoms with E-state index in [0.717, 1.165) is 9.99 Å². The van der Waals surface area contributed by atoms with Crippen molar-refractivity contribution in [3.8, 4) is 0 Å². The zero-order valence-corrected chi connectivity index (χ0v) is 10.1. The fourth-order valence-electron chi connectivity index (χ4n) is 1.08. The zero-order chi connectivity index (χ0) is 10.2. The van der Waals surface area contributed by atoms with Gasteiger partial charge in [0.15, 0.2) is 0 Å². The summed E-state index contributed by atoms with van der Waals surface area (Å²) < 4.78 is 19.1. The van der Waals surface area contributed by atoms with Crippen molar-refractivity contribution in [2.75, 3.05) is 11.0 Å². The van der Waals surface area contributed by atoms with E-state index in [1.54, 1.807) is 0 Å². The summed E-state index contributed by atoms with van der Waals surface area (Å²) in [5.74, 6) is 0. The van der Waals surface area contributed by atoms with E-state index < -0.39 is 6.17 Å². The minimum atomic E-state index is -0.824. The average molecular weight is 308 g/mol. The van der Waals surface area contributed by atoms with Gasteiger partial charge in [0.2, 0.25) is 0 Å². The van der Waals surface area contributed by atoms with Gasteiger partial charge in [-0.15, -0.1) is 0 Å². The third-order valence-electron chi connectivity index (χ3n) is 1.83. The fourth-order valence-corrected chi connectivity index (χ4v) is 1.76. The summed E-state index contributed by atoms with van der Waals surface area (Å²) in [5.41, 5.74) is 1.09. The van der Waals surface area contributed by atoms with Crippen LogP contribution in [0.3, 0.4) is 0 Å². The summed E-state index contributed by atoms with van der Waals surface area (Å²) in [5, 5.41) is 0. The predicted octanol–water partition coefficient (Wildman–Crippen LogP) is 3.37. The van der Waals surface area contributed by atoms with Crippen LogP contribution in [0.15, 0.2) is 30.3 Å². The van der Waals surface area contributed by atoms with Crippen LogP contribution in [0.4, 0.5) is 4.39 Å². The molecule has 0 fully saturated rings. The standard InChI is InChI=1S/C11H14FIO/c12-11(6-7-13)9-14-8-10-4-2-1-3-5-10/h1-5,11H,6-9H2/t11-/m0/s1. The Hall–Kier alpha value is -0.160. The Morgan fingerprint density at radius 1 is 1.29 bits per heavy atom. The van der Waals surface area contributed by atoms with Gasteiger partial charge in [0.1, 0.15) is 6.17 Å². The second-order valence-electron chi connectivity index (χ2n) is 3.08. The van der Waals surface area contributed by atoms with Crippen LogP contribution in [-0.4, -0.2) is 17.2 Å². The number of hydrogen-bond acceptors (Lipinski definition) is 1. The molecule has 0 aliphatic heterocycles. The van der Waals surface area contributed by atoms with Crippen molar-refractivity contribution in [1.29, 1.82) is 0 Å². The second kappa shape index (κ2) is 7.17. The Labute approximate surface area is 97.8 Å². The zero-order valence-electron chi connectivity index (χ0n) is 7.96. The first-order valence-electron chi connectivity index (χ1n) is 4.64. The molecule has 0 aromatic heterocycles. The van der Waals surface area contributed by atoms with Gasteiger partial charge in [0.05, 0.1) is 13.2 Å². The maximum absolute atomic E-state index is 13.0. The van der Waals surface area contributed by atoms with E-state index >= 15 is 0 Å². The highest BCUT2D eigenvalue weighted by atomic mass is 127. The van der Waals surface area contributed by atoms with Crippen LogP contribution in [0.5, 0.6) is 0 Å². The van der Waals surface area contributed by atoms with Gasteiger partial charge in [-0.3, -0.25) is 0 Å². The molecule has 0 spiro atoms. The largest absolute Gasteiger partial charge is 0.374 e. The molecule has 0 radical (unpaired) electrons. The Kier molecular flexibility index (Phi) is 6.10. The maximum atomic E-state index is 13.0. The van der Waals surface area contributed by atoms with Gasteiger partial charge in [-0.25, -0.2) is 4.39 Å². The quantitative estimate of drug-likeness (QED) is 0.578. The summed E-state index contributed by atoms with van der Waals surface area (Å²) in [6.45, 7) is 0.709. The van der Waals surface area contributed by atoms with Crippen LogP contribution >= 0.6 is 22.6 Å². The summed E-state index contributed by atoms with van der Waals surface area (Å²) >= 11 is 2.17. The Balaban J connectivity index is 2.16. The summed E-state index contributed by atoms with van der Waals surface area (Å²) in [6.07, 6.45) is -0.245. The lowest BCUT2D eigenvalue weighted by molar-refractivity contribution is 0.0690. The van der Waals surface area contributed by atoms with Crippen LogP contribution in [0.2, 0.25) is 0 Å². The third kappa shape index (κ3) is 4.91. The lowest BCUT2D eigenvalue weighted by Crippen LogP contribution is -2.10. The van der Waals surface area contributed by atoms with E-state index in [1.165, 1.54) is 0 Å². The smallest absolute Gasteiger partial charge is 0.124 e. The van der Waals surface area contributed by atoms with E-state index in [1.807, 2.05) is 30.3 Å². The summed E-state index contributed by atoms with van der Waals surface area (Å²) in [6, 6.07) is 9.82. The van der Waals surface area contributed by atoms with Crippen molar-refractivity contribution < 1.29 is 9.13 Å². The van der Waals surface area contributed by atoms with Crippen molar-refractivity contribution in [3.63, 3.8) is 0 Å². The van der Waals surface area contributed by atoms with Gasteiger partial charge >= 0.3 is 0 Å². The average Bonchev–Trinajstić information content (AvgIpc) is 2.20. The molecule has 0 N–H and O–H groups in total. The second-order valence-corrected chi connectivity index (χ2v) is 4.15. The van der Waals surface area contributed by atoms with E-state index in [2.05, 4.69) is 22.6 Å². The highest BCUT2D eigenvalue weighted by Gasteiger charge is 2.04. The van der Waals surface area contributed by atoms with E-state index in [9.17, 15) is 4.39 Å². The fraction of sp³-hybridized carbons (Fsp3) is 0.455. The van der Waals surface area contributed by atoms with Crippen LogP contribution in [0.1, 0.15) is 12.0 Å². The van der Waals surface area contributed by atoms with Gasteiger partial charge in [-0.2, -0.15) is 0 Å². The number of hydrogen-bond donors (Lipinski definition) is 0. The molecule has 1 atom stereocenters. The first-order valence-corrected chi connectivity index (χ1v) is 6.17. The molecule has 1 aromatic rings. The topological polar surface area (TPSA) is 9.23 Å². The van der Waals surface area contributed by atoms with Gasteiger partial charge in [0.25, 0.3) is 0 Å². The van der Waals surface area contributed by atoms with Crippen molar-refractivity contribution in [2.24, 2.45) is 0 Å². The van der Waals surface area contributed by atoms with Crippen molar-refractivity contribution >= 4 is 22.6 Å². The van der Waals surface area contributed by atoms with Crippen LogP contribution in [0.25, 0.3) is 0 Å². The van der Waals surface area contributed by atoms with Crippen LogP contribution < -0.4 is 0 Å². The van der Waals surface area contributed by atoms with Crippen molar-refractivity contribution in [2.45, 2.75) is 19.2 Å². The molecule has 1 rings (SSSR count). The van der Waals surface area contributed by atoms with Gasteiger partial charge in [-0.1, -0.05) is 52.9 Å². The summed E-state index contributed by atoms with van der Waals surface area (Å²) in [7, 11) is 0. The third-order valence-corrected chi connectivity index (χ3v) is 2.46. The monoisotopic (exact) mass is 308 g/mol. The van der Waals surface area contributed by atoms with Gasteiger partial charge in [0, 0.05) is 4.43 Å². The summed E-state index contributed by atoms with van der Waals surface area (Å²) in [4.78, 5) is 0. The lowest BCUT2D eigenvalue weighted by atomic mass is 10.2. The molecule has 78 valence electrons. The Morgan fingerprint density at radius 2 is 2.00 bits per heavy atom.